The summed E-state index contributed by atoms with van der Waals surface area (Å²) >= 11 is 0. The van der Waals surface area contributed by atoms with E-state index in [0.29, 0.717) is 0 Å². The molecule has 0 aromatic carbocycles. The van der Waals surface area contributed by atoms with Crippen LogP contribution in [-0.4, -0.2) is 36.1 Å². The highest BCUT2D eigenvalue weighted by atomic mass is 15.2. The van der Waals surface area contributed by atoms with E-state index in [2.05, 4.69) is 17.1 Å². The maximum atomic E-state index is 4.03. The summed E-state index contributed by atoms with van der Waals surface area (Å²) in [5.41, 5.74) is 0. The highest BCUT2D eigenvalue weighted by Gasteiger charge is 2.37. The van der Waals surface area contributed by atoms with Gasteiger partial charge in [0.25, 0.3) is 0 Å². The van der Waals surface area contributed by atoms with Gasteiger partial charge < -0.3 is 5.32 Å². The third kappa shape index (κ3) is 2.53. The van der Waals surface area contributed by atoms with Gasteiger partial charge in [-0.2, -0.15) is 0 Å². The summed E-state index contributed by atoms with van der Waals surface area (Å²) in [5.74, 6) is 0.904. The second-order valence-corrected chi connectivity index (χ2v) is 6.53. The average Bonchev–Trinajstić information content (AvgIpc) is 2.76. The zero-order valence-electron chi connectivity index (χ0n) is 11.3. The zero-order chi connectivity index (χ0) is 11.7. The molecule has 3 aliphatic rings. The molecule has 0 aromatic heterocycles. The lowest BCUT2D eigenvalue weighted by atomic mass is 9.85. The molecule has 17 heavy (non-hydrogen) atoms. The second-order valence-electron chi connectivity index (χ2n) is 6.53. The molecule has 0 amide bonds. The summed E-state index contributed by atoms with van der Waals surface area (Å²) in [6, 6.07) is 2.49. The van der Waals surface area contributed by atoms with Crippen molar-refractivity contribution < 1.29 is 0 Å². The molecule has 1 N–H and O–H groups in total. The van der Waals surface area contributed by atoms with Gasteiger partial charge in [-0.25, -0.2) is 0 Å². The first-order chi connectivity index (χ1) is 8.34. The SMILES string of the molecule is CC1CCCCC1NC1CCN2CCCCC12. The third-order valence-electron chi connectivity index (χ3n) is 5.40. The normalized spacial score (nSPS) is 43.6. The van der Waals surface area contributed by atoms with Crippen molar-refractivity contribution >= 4 is 0 Å². The van der Waals surface area contributed by atoms with Crippen molar-refractivity contribution in [3.05, 3.63) is 0 Å². The van der Waals surface area contributed by atoms with Gasteiger partial charge in [0.2, 0.25) is 0 Å². The van der Waals surface area contributed by atoms with Gasteiger partial charge in [-0.3, -0.25) is 4.90 Å². The minimum Gasteiger partial charge on any atom is -0.309 e. The van der Waals surface area contributed by atoms with Gasteiger partial charge in [0.15, 0.2) is 0 Å². The van der Waals surface area contributed by atoms with Crippen molar-refractivity contribution in [1.29, 1.82) is 0 Å². The Kier molecular flexibility index (Phi) is 3.72. The van der Waals surface area contributed by atoms with Gasteiger partial charge in [0.1, 0.15) is 0 Å². The fraction of sp³-hybridized carbons (Fsp3) is 1.00. The predicted molar refractivity (Wildman–Crippen MR) is 72.2 cm³/mol. The number of piperidine rings is 1. The standard InChI is InChI=1S/C15H28N2/c1-12-6-2-3-7-13(12)16-14-9-11-17-10-5-4-8-15(14)17/h12-16H,2-11H2,1H3. The van der Waals surface area contributed by atoms with E-state index in [1.807, 2.05) is 0 Å². The molecule has 0 aromatic rings. The Labute approximate surface area is 106 Å². The van der Waals surface area contributed by atoms with Gasteiger partial charge in [0.05, 0.1) is 0 Å². The van der Waals surface area contributed by atoms with Crippen LogP contribution in [0.2, 0.25) is 0 Å². The van der Waals surface area contributed by atoms with E-state index in [-0.39, 0.29) is 0 Å². The van der Waals surface area contributed by atoms with Crippen LogP contribution in [-0.2, 0) is 0 Å². The van der Waals surface area contributed by atoms with Crippen LogP contribution in [0.15, 0.2) is 0 Å². The Hall–Kier alpha value is -0.0800. The first-order valence-electron chi connectivity index (χ1n) is 7.85. The van der Waals surface area contributed by atoms with Gasteiger partial charge >= 0.3 is 0 Å². The third-order valence-corrected chi connectivity index (χ3v) is 5.40. The molecule has 4 unspecified atom stereocenters. The monoisotopic (exact) mass is 236 g/mol. The molecule has 0 spiro atoms. The molecule has 2 heterocycles. The van der Waals surface area contributed by atoms with E-state index in [9.17, 15) is 0 Å². The Morgan fingerprint density at radius 1 is 0.824 bits per heavy atom. The first kappa shape index (κ1) is 12.0. The Morgan fingerprint density at radius 3 is 2.53 bits per heavy atom. The van der Waals surface area contributed by atoms with Crippen molar-refractivity contribution in [2.45, 2.75) is 76.4 Å². The summed E-state index contributed by atoms with van der Waals surface area (Å²) in [7, 11) is 0. The smallest absolute Gasteiger partial charge is 0.0249 e. The first-order valence-corrected chi connectivity index (χ1v) is 7.85. The van der Waals surface area contributed by atoms with E-state index in [4.69, 9.17) is 0 Å². The molecular weight excluding hydrogens is 208 g/mol. The minimum absolute atomic E-state index is 0.806. The lowest BCUT2D eigenvalue weighted by Crippen LogP contribution is -2.50. The van der Waals surface area contributed by atoms with Crippen LogP contribution in [0, 0.1) is 5.92 Å². The molecule has 1 aliphatic carbocycles. The van der Waals surface area contributed by atoms with Crippen LogP contribution < -0.4 is 5.32 Å². The molecule has 2 heteroatoms. The highest BCUT2D eigenvalue weighted by molar-refractivity contribution is 4.96. The molecule has 1 saturated carbocycles. The van der Waals surface area contributed by atoms with Crippen molar-refractivity contribution in [3.63, 3.8) is 0 Å². The van der Waals surface area contributed by atoms with Crippen molar-refractivity contribution in [2.75, 3.05) is 13.1 Å². The van der Waals surface area contributed by atoms with Gasteiger partial charge in [-0.05, 0) is 44.6 Å². The van der Waals surface area contributed by atoms with Crippen LogP contribution in [0.3, 0.4) is 0 Å². The molecule has 0 radical (unpaired) electrons. The predicted octanol–water partition coefficient (Wildman–Crippen LogP) is 2.78. The van der Waals surface area contributed by atoms with Crippen LogP contribution in [0.1, 0.15) is 58.3 Å². The summed E-state index contributed by atoms with van der Waals surface area (Å²) in [6.07, 6.45) is 11.5. The van der Waals surface area contributed by atoms with E-state index in [1.165, 1.54) is 64.5 Å². The van der Waals surface area contributed by atoms with E-state index >= 15 is 0 Å². The summed E-state index contributed by atoms with van der Waals surface area (Å²) in [6.45, 7) is 5.16. The Bertz CT molecular complexity index is 253. The molecule has 3 rings (SSSR count). The van der Waals surface area contributed by atoms with Gasteiger partial charge in [-0.1, -0.05) is 26.2 Å². The Balaban J connectivity index is 1.57. The molecule has 2 aliphatic heterocycles. The van der Waals surface area contributed by atoms with Crippen LogP contribution >= 0.6 is 0 Å². The lowest BCUT2D eigenvalue weighted by Gasteiger charge is -2.37. The number of rotatable bonds is 2. The maximum absolute atomic E-state index is 4.03. The number of fused-ring (bicyclic) bond motifs is 1. The molecule has 2 nitrogen and oxygen atoms in total. The summed E-state index contributed by atoms with van der Waals surface area (Å²) in [5, 5.41) is 4.03. The van der Waals surface area contributed by atoms with Crippen LogP contribution in [0.5, 0.6) is 0 Å². The van der Waals surface area contributed by atoms with E-state index in [0.717, 1.165) is 24.0 Å². The van der Waals surface area contributed by atoms with Gasteiger partial charge in [-0.15, -0.1) is 0 Å². The fourth-order valence-electron chi connectivity index (χ4n) is 4.28. The number of nitrogens with zero attached hydrogens (tertiary/aromatic N) is 1. The zero-order valence-corrected chi connectivity index (χ0v) is 11.3. The average molecular weight is 236 g/mol. The molecular formula is C15H28N2. The molecule has 2 saturated heterocycles. The molecule has 4 atom stereocenters. The minimum atomic E-state index is 0.806. The number of nitrogens with one attached hydrogen (secondary N) is 1. The molecule has 0 bridgehead atoms. The Morgan fingerprint density at radius 2 is 1.65 bits per heavy atom. The van der Waals surface area contributed by atoms with Crippen molar-refractivity contribution in [2.24, 2.45) is 5.92 Å². The largest absolute Gasteiger partial charge is 0.309 e. The lowest BCUT2D eigenvalue weighted by molar-refractivity contribution is 0.164. The van der Waals surface area contributed by atoms with E-state index in [1.54, 1.807) is 0 Å². The summed E-state index contributed by atoms with van der Waals surface area (Å²) < 4.78 is 0. The van der Waals surface area contributed by atoms with Crippen LogP contribution in [0.25, 0.3) is 0 Å². The number of hydrogen-bond acceptors (Lipinski definition) is 2. The van der Waals surface area contributed by atoms with E-state index < -0.39 is 0 Å². The summed E-state index contributed by atoms with van der Waals surface area (Å²) in [4.78, 5) is 2.74. The quantitative estimate of drug-likeness (QED) is 0.793. The van der Waals surface area contributed by atoms with Gasteiger partial charge in [0, 0.05) is 24.7 Å². The van der Waals surface area contributed by atoms with Crippen LogP contribution in [0.4, 0.5) is 0 Å². The number of hydrogen-bond donors (Lipinski definition) is 1. The van der Waals surface area contributed by atoms with Crippen molar-refractivity contribution in [3.8, 4) is 0 Å². The topological polar surface area (TPSA) is 15.3 Å². The maximum Gasteiger partial charge on any atom is 0.0249 e. The molecule has 98 valence electrons. The van der Waals surface area contributed by atoms with Crippen molar-refractivity contribution in [1.82, 2.24) is 10.2 Å². The highest BCUT2D eigenvalue weighted by Crippen LogP contribution is 2.30. The second kappa shape index (κ2) is 5.27. The fourth-order valence-corrected chi connectivity index (χ4v) is 4.28. The molecule has 3 fully saturated rings.